The van der Waals surface area contributed by atoms with E-state index in [1.54, 1.807) is 20.8 Å². The summed E-state index contributed by atoms with van der Waals surface area (Å²) >= 11 is 0. The second kappa shape index (κ2) is 6.83. The molecule has 0 radical (unpaired) electrons. The summed E-state index contributed by atoms with van der Waals surface area (Å²) < 4.78 is 5.05. The van der Waals surface area contributed by atoms with Crippen molar-refractivity contribution in [3.63, 3.8) is 0 Å². The Hall–Kier alpha value is -0.573. The molecule has 0 aliphatic rings. The Morgan fingerprint density at radius 1 is 1.40 bits per heavy atom. The number of hydrogen-bond donors (Lipinski definition) is 1. The monoisotopic (exact) mass is 203 g/mol. The first-order valence-corrected chi connectivity index (χ1v) is 4.68. The summed E-state index contributed by atoms with van der Waals surface area (Å²) in [5.41, 5.74) is -0.506. The van der Waals surface area contributed by atoms with Crippen LogP contribution in [-0.4, -0.2) is 17.7 Å². The van der Waals surface area contributed by atoms with E-state index in [0.29, 0.717) is 0 Å². The zero-order valence-corrected chi connectivity index (χ0v) is 10.5. The van der Waals surface area contributed by atoms with Crippen molar-refractivity contribution in [2.24, 2.45) is 5.92 Å². The third kappa shape index (κ3) is 8.42. The fourth-order valence-electron chi connectivity index (χ4n) is 0.804. The van der Waals surface area contributed by atoms with Crippen molar-refractivity contribution >= 4 is 6.09 Å². The molecule has 0 aromatic rings. The number of carbonyl (C=O) groups is 1. The summed E-state index contributed by atoms with van der Waals surface area (Å²) in [6.45, 7) is 9.20. The summed E-state index contributed by atoms with van der Waals surface area (Å²) in [6.07, 6.45) is 6.49. The Morgan fingerprint density at radius 3 is 2.13 bits per heavy atom. The van der Waals surface area contributed by atoms with Crippen molar-refractivity contribution in [3.05, 3.63) is 6.42 Å². The SMILES string of the molecule is [C-]#C[C@@H](NC(=O)OC(C)(C)C)C(C)C.[Li+]. The molecule has 0 rings (SSSR count). The first-order valence-electron chi connectivity index (χ1n) is 4.68. The van der Waals surface area contributed by atoms with Gasteiger partial charge in [0.1, 0.15) is 5.60 Å². The molecule has 0 unspecified atom stereocenters. The van der Waals surface area contributed by atoms with E-state index in [0.717, 1.165) is 0 Å². The van der Waals surface area contributed by atoms with E-state index in [2.05, 4.69) is 11.2 Å². The first-order chi connectivity index (χ1) is 6.26. The Morgan fingerprint density at radius 2 is 1.87 bits per heavy atom. The molecule has 0 fully saturated rings. The minimum absolute atomic E-state index is 0. The van der Waals surface area contributed by atoms with Gasteiger partial charge in [-0.3, -0.25) is 0 Å². The molecule has 0 saturated carbocycles. The normalized spacial score (nSPS) is 12.3. The average Bonchev–Trinajstić information content (AvgIpc) is 1.96. The second-order valence-electron chi connectivity index (χ2n) is 4.51. The van der Waals surface area contributed by atoms with E-state index < -0.39 is 11.7 Å². The zero-order valence-electron chi connectivity index (χ0n) is 10.5. The third-order valence-corrected chi connectivity index (χ3v) is 1.49. The smallest absolute Gasteiger partial charge is 0.692 e. The van der Waals surface area contributed by atoms with Crippen LogP contribution in [0.4, 0.5) is 4.79 Å². The van der Waals surface area contributed by atoms with E-state index in [9.17, 15) is 4.79 Å². The van der Waals surface area contributed by atoms with Crippen molar-refractivity contribution in [2.45, 2.75) is 46.3 Å². The topological polar surface area (TPSA) is 38.3 Å². The van der Waals surface area contributed by atoms with Gasteiger partial charge in [0.25, 0.3) is 0 Å². The quantitative estimate of drug-likeness (QED) is 0.360. The Labute approximate surface area is 105 Å². The number of rotatable bonds is 2. The molecule has 4 heteroatoms. The van der Waals surface area contributed by atoms with Crippen LogP contribution in [0.5, 0.6) is 0 Å². The van der Waals surface area contributed by atoms with Crippen LogP contribution in [0.1, 0.15) is 34.6 Å². The molecule has 0 aromatic carbocycles. The van der Waals surface area contributed by atoms with Gasteiger partial charge in [0.15, 0.2) is 0 Å². The zero-order chi connectivity index (χ0) is 11.4. The van der Waals surface area contributed by atoms with Gasteiger partial charge in [0.2, 0.25) is 0 Å². The molecule has 0 bridgehead atoms. The summed E-state index contributed by atoms with van der Waals surface area (Å²) in [5.74, 6) is 2.40. The molecule has 0 aliphatic carbocycles. The molecule has 1 N–H and O–H groups in total. The molecule has 0 aromatic heterocycles. The number of alkyl carbamates (subject to hydrolysis) is 1. The minimum atomic E-state index is -0.506. The van der Waals surface area contributed by atoms with Gasteiger partial charge < -0.3 is 22.4 Å². The van der Waals surface area contributed by atoms with E-state index in [4.69, 9.17) is 11.2 Å². The van der Waals surface area contributed by atoms with Crippen LogP contribution in [0.15, 0.2) is 0 Å². The van der Waals surface area contributed by atoms with E-state index in [-0.39, 0.29) is 30.8 Å². The van der Waals surface area contributed by atoms with Gasteiger partial charge in [-0.1, -0.05) is 13.8 Å². The molecule has 0 heterocycles. The van der Waals surface area contributed by atoms with Gasteiger partial charge in [-0.2, -0.15) is 0 Å². The predicted octanol–water partition coefficient (Wildman–Crippen LogP) is -0.871. The maximum atomic E-state index is 11.3. The maximum Gasteiger partial charge on any atom is 1.00 e. The van der Waals surface area contributed by atoms with Crippen LogP contribution in [0.3, 0.4) is 0 Å². The number of carbonyl (C=O) groups excluding carboxylic acids is 1. The molecule has 3 nitrogen and oxygen atoms in total. The standard InChI is InChI=1S/C11H18NO2.Li/c1-7-9(8(2)3)12-10(13)14-11(4,5)6;/h8-9H,2-6H3,(H,12,13);/q-1;+1/t9-;/m1./s1. The third-order valence-electron chi connectivity index (χ3n) is 1.49. The van der Waals surface area contributed by atoms with E-state index in [1.807, 2.05) is 13.8 Å². The summed E-state index contributed by atoms with van der Waals surface area (Å²) in [6, 6.07) is -0.384. The average molecular weight is 203 g/mol. The molecule has 80 valence electrons. The van der Waals surface area contributed by atoms with E-state index in [1.165, 1.54) is 0 Å². The Balaban J connectivity index is 0. The Bertz CT molecular complexity index is 238. The fraction of sp³-hybridized carbons (Fsp3) is 0.727. The first kappa shape index (κ1) is 16.8. The number of hydrogen-bond acceptors (Lipinski definition) is 2. The van der Waals surface area contributed by atoms with Gasteiger partial charge in [0, 0.05) is 0 Å². The molecule has 15 heavy (non-hydrogen) atoms. The number of amides is 1. The van der Waals surface area contributed by atoms with Gasteiger partial charge in [-0.05, 0) is 26.7 Å². The summed E-state index contributed by atoms with van der Waals surface area (Å²) in [4.78, 5) is 11.3. The molecular formula is C11H18LiNO2. The molecule has 1 amide bonds. The summed E-state index contributed by atoms with van der Waals surface area (Å²) in [7, 11) is 0. The van der Waals surface area contributed by atoms with Crippen LogP contribution >= 0.6 is 0 Å². The Kier molecular flexibility index (Phi) is 7.67. The molecular weight excluding hydrogens is 185 g/mol. The van der Waals surface area contributed by atoms with Crippen molar-refractivity contribution in [1.29, 1.82) is 0 Å². The van der Waals surface area contributed by atoms with Gasteiger partial charge in [-0.15, -0.1) is 0 Å². The fourth-order valence-corrected chi connectivity index (χ4v) is 0.804. The second-order valence-corrected chi connectivity index (χ2v) is 4.51. The van der Waals surface area contributed by atoms with Gasteiger partial charge in [0.05, 0.1) is 6.04 Å². The maximum absolute atomic E-state index is 11.3. The van der Waals surface area contributed by atoms with Crippen LogP contribution in [0.2, 0.25) is 0 Å². The van der Waals surface area contributed by atoms with Crippen molar-refractivity contribution in [2.75, 3.05) is 0 Å². The van der Waals surface area contributed by atoms with Crippen molar-refractivity contribution in [3.8, 4) is 5.92 Å². The largest absolute Gasteiger partial charge is 1.00 e. The molecule has 0 spiro atoms. The number of ether oxygens (including phenoxy) is 1. The molecule has 0 aliphatic heterocycles. The van der Waals surface area contributed by atoms with Crippen LogP contribution < -0.4 is 24.2 Å². The number of nitrogens with one attached hydrogen (secondary N) is 1. The van der Waals surface area contributed by atoms with Gasteiger partial charge in [-0.25, -0.2) is 4.79 Å². The van der Waals surface area contributed by atoms with Crippen LogP contribution in [-0.2, 0) is 4.74 Å². The van der Waals surface area contributed by atoms with E-state index >= 15 is 0 Å². The van der Waals surface area contributed by atoms with Crippen molar-refractivity contribution < 1.29 is 28.4 Å². The molecule has 1 atom stereocenters. The van der Waals surface area contributed by atoms with Crippen LogP contribution in [0.25, 0.3) is 0 Å². The molecule has 0 saturated heterocycles. The van der Waals surface area contributed by atoms with Crippen molar-refractivity contribution in [1.82, 2.24) is 5.32 Å². The summed E-state index contributed by atoms with van der Waals surface area (Å²) in [5, 5.41) is 2.56. The van der Waals surface area contributed by atoms with Gasteiger partial charge >= 0.3 is 25.0 Å². The minimum Gasteiger partial charge on any atom is -0.692 e. The predicted molar refractivity (Wildman–Crippen MR) is 55.1 cm³/mol. The van der Waals surface area contributed by atoms with Crippen LogP contribution in [0, 0.1) is 18.3 Å².